The van der Waals surface area contributed by atoms with Crippen LogP contribution in [0.5, 0.6) is 0 Å². The molecule has 1 nitrogen and oxygen atoms in total. The predicted octanol–water partition coefficient (Wildman–Crippen LogP) is 5.54. The lowest BCUT2D eigenvalue weighted by Crippen LogP contribution is -2.19. The van der Waals surface area contributed by atoms with Crippen molar-refractivity contribution in [3.63, 3.8) is 0 Å². The van der Waals surface area contributed by atoms with Gasteiger partial charge in [-0.05, 0) is 24.4 Å². The maximum absolute atomic E-state index is 3.61. The summed E-state index contributed by atoms with van der Waals surface area (Å²) < 4.78 is 0. The molecule has 2 heteroatoms. The molecular formula is C16H29NS. The fourth-order valence-electron chi connectivity index (χ4n) is 2.39. The molecule has 1 N–H and O–H groups in total. The minimum absolute atomic E-state index is 0.589. The molecule has 0 aliphatic carbocycles. The molecule has 1 heterocycles. The van der Waals surface area contributed by atoms with Gasteiger partial charge in [0, 0.05) is 10.9 Å². The minimum Gasteiger partial charge on any atom is -0.310 e. The number of unbranched alkanes of at least 4 members (excludes halogenated alkanes) is 6. The Morgan fingerprint density at radius 2 is 1.78 bits per heavy atom. The summed E-state index contributed by atoms with van der Waals surface area (Å²) in [6.07, 6.45) is 11.1. The van der Waals surface area contributed by atoms with Gasteiger partial charge in [0.2, 0.25) is 0 Å². The van der Waals surface area contributed by atoms with E-state index in [9.17, 15) is 0 Å². The van der Waals surface area contributed by atoms with Crippen molar-refractivity contribution in [1.82, 2.24) is 5.32 Å². The van der Waals surface area contributed by atoms with E-state index in [0.29, 0.717) is 6.04 Å². The molecule has 0 aliphatic rings. The van der Waals surface area contributed by atoms with Crippen molar-refractivity contribution in [2.24, 2.45) is 0 Å². The Hall–Kier alpha value is -0.340. The molecule has 1 rings (SSSR count). The summed E-state index contributed by atoms with van der Waals surface area (Å²) in [4.78, 5) is 1.50. The molecule has 104 valence electrons. The van der Waals surface area contributed by atoms with Crippen molar-refractivity contribution >= 4 is 11.3 Å². The summed E-state index contributed by atoms with van der Waals surface area (Å²) in [5.41, 5.74) is 0. The van der Waals surface area contributed by atoms with Gasteiger partial charge in [0.05, 0.1) is 0 Å². The Morgan fingerprint density at radius 1 is 1.06 bits per heavy atom. The van der Waals surface area contributed by atoms with Gasteiger partial charge in [0.15, 0.2) is 0 Å². The maximum Gasteiger partial charge on any atom is 0.0414 e. The highest BCUT2D eigenvalue weighted by Crippen LogP contribution is 2.24. The minimum atomic E-state index is 0.589. The van der Waals surface area contributed by atoms with E-state index in [0.717, 1.165) is 6.54 Å². The van der Waals surface area contributed by atoms with Crippen LogP contribution in [0.4, 0.5) is 0 Å². The fraction of sp³-hybridized carbons (Fsp3) is 0.750. The van der Waals surface area contributed by atoms with Crippen LogP contribution >= 0.6 is 11.3 Å². The van der Waals surface area contributed by atoms with Gasteiger partial charge in [0.25, 0.3) is 0 Å². The topological polar surface area (TPSA) is 12.0 Å². The van der Waals surface area contributed by atoms with Gasteiger partial charge in [0.1, 0.15) is 0 Å². The van der Waals surface area contributed by atoms with Crippen LogP contribution < -0.4 is 5.32 Å². The van der Waals surface area contributed by atoms with E-state index in [1.54, 1.807) is 0 Å². The molecule has 0 bridgehead atoms. The molecule has 0 spiro atoms. The molecule has 18 heavy (non-hydrogen) atoms. The first-order valence-electron chi connectivity index (χ1n) is 7.65. The second kappa shape index (κ2) is 10.6. The molecule has 0 saturated heterocycles. The van der Waals surface area contributed by atoms with E-state index in [-0.39, 0.29) is 0 Å². The SMILES string of the molecule is CCCCCCCCCC(NCC)c1cccs1. The van der Waals surface area contributed by atoms with Gasteiger partial charge in [-0.25, -0.2) is 0 Å². The van der Waals surface area contributed by atoms with Gasteiger partial charge < -0.3 is 5.32 Å². The van der Waals surface area contributed by atoms with Crippen LogP contribution in [0.3, 0.4) is 0 Å². The van der Waals surface area contributed by atoms with Gasteiger partial charge in [-0.1, -0.05) is 64.9 Å². The number of rotatable bonds is 11. The van der Waals surface area contributed by atoms with Crippen LogP contribution in [0.2, 0.25) is 0 Å². The van der Waals surface area contributed by atoms with Gasteiger partial charge in [-0.3, -0.25) is 0 Å². The summed E-state index contributed by atoms with van der Waals surface area (Å²) in [5.74, 6) is 0. The molecule has 1 unspecified atom stereocenters. The molecular weight excluding hydrogens is 238 g/mol. The van der Waals surface area contributed by atoms with Crippen LogP contribution in [0.25, 0.3) is 0 Å². The number of hydrogen-bond donors (Lipinski definition) is 1. The monoisotopic (exact) mass is 267 g/mol. The van der Waals surface area contributed by atoms with Crippen LogP contribution in [0.15, 0.2) is 17.5 Å². The van der Waals surface area contributed by atoms with Crippen LogP contribution in [-0.2, 0) is 0 Å². The van der Waals surface area contributed by atoms with E-state index in [4.69, 9.17) is 0 Å². The zero-order chi connectivity index (χ0) is 13.1. The number of hydrogen-bond acceptors (Lipinski definition) is 2. The first-order chi connectivity index (χ1) is 8.88. The molecule has 1 atom stereocenters. The van der Waals surface area contributed by atoms with E-state index in [2.05, 4.69) is 36.7 Å². The molecule has 0 aliphatic heterocycles. The first kappa shape index (κ1) is 15.7. The highest BCUT2D eigenvalue weighted by atomic mass is 32.1. The van der Waals surface area contributed by atoms with E-state index in [1.165, 1.54) is 56.2 Å². The Bertz CT molecular complexity index is 269. The Labute approximate surface area is 117 Å². The largest absolute Gasteiger partial charge is 0.310 e. The molecule has 0 amide bonds. The van der Waals surface area contributed by atoms with Crippen molar-refractivity contribution in [2.75, 3.05) is 6.54 Å². The predicted molar refractivity (Wildman–Crippen MR) is 83.3 cm³/mol. The van der Waals surface area contributed by atoms with Crippen LogP contribution in [-0.4, -0.2) is 6.54 Å². The van der Waals surface area contributed by atoms with Gasteiger partial charge in [-0.15, -0.1) is 11.3 Å². The van der Waals surface area contributed by atoms with Crippen molar-refractivity contribution < 1.29 is 0 Å². The number of nitrogens with one attached hydrogen (secondary N) is 1. The molecule has 0 radical (unpaired) electrons. The fourth-order valence-corrected chi connectivity index (χ4v) is 3.22. The second-order valence-electron chi connectivity index (χ2n) is 5.04. The summed E-state index contributed by atoms with van der Waals surface area (Å²) in [5, 5.41) is 5.79. The molecule has 1 aromatic heterocycles. The Kier molecular flexibility index (Phi) is 9.23. The van der Waals surface area contributed by atoms with Crippen molar-refractivity contribution in [2.45, 2.75) is 71.3 Å². The number of thiophene rings is 1. The smallest absolute Gasteiger partial charge is 0.0414 e. The summed E-state index contributed by atoms with van der Waals surface area (Å²) in [6, 6.07) is 5.01. The summed E-state index contributed by atoms with van der Waals surface area (Å²) >= 11 is 1.88. The molecule has 1 aromatic rings. The van der Waals surface area contributed by atoms with Gasteiger partial charge >= 0.3 is 0 Å². The quantitative estimate of drug-likeness (QED) is 0.519. The van der Waals surface area contributed by atoms with Crippen molar-refractivity contribution in [3.8, 4) is 0 Å². The third kappa shape index (κ3) is 6.55. The lowest BCUT2D eigenvalue weighted by atomic mass is 10.0. The van der Waals surface area contributed by atoms with Gasteiger partial charge in [-0.2, -0.15) is 0 Å². The highest BCUT2D eigenvalue weighted by molar-refractivity contribution is 7.10. The summed E-state index contributed by atoms with van der Waals surface area (Å²) in [6.45, 7) is 5.55. The van der Waals surface area contributed by atoms with Crippen LogP contribution in [0.1, 0.15) is 76.1 Å². The lowest BCUT2D eigenvalue weighted by molar-refractivity contribution is 0.481. The van der Waals surface area contributed by atoms with Crippen molar-refractivity contribution in [1.29, 1.82) is 0 Å². The average molecular weight is 267 g/mol. The highest BCUT2D eigenvalue weighted by Gasteiger charge is 2.10. The normalized spacial score (nSPS) is 12.8. The zero-order valence-corrected chi connectivity index (χ0v) is 12.9. The van der Waals surface area contributed by atoms with E-state index in [1.807, 2.05) is 11.3 Å². The summed E-state index contributed by atoms with van der Waals surface area (Å²) in [7, 11) is 0. The third-order valence-electron chi connectivity index (χ3n) is 3.43. The van der Waals surface area contributed by atoms with E-state index >= 15 is 0 Å². The van der Waals surface area contributed by atoms with E-state index < -0.39 is 0 Å². The average Bonchev–Trinajstić information content (AvgIpc) is 2.90. The molecule has 0 fully saturated rings. The third-order valence-corrected chi connectivity index (χ3v) is 4.42. The maximum atomic E-state index is 3.61. The lowest BCUT2D eigenvalue weighted by Gasteiger charge is -2.16. The van der Waals surface area contributed by atoms with Crippen molar-refractivity contribution in [3.05, 3.63) is 22.4 Å². The first-order valence-corrected chi connectivity index (χ1v) is 8.53. The van der Waals surface area contributed by atoms with Crippen LogP contribution in [0, 0.1) is 0 Å². The molecule has 0 aromatic carbocycles. The second-order valence-corrected chi connectivity index (χ2v) is 6.01. The standard InChI is InChI=1S/C16H29NS/c1-3-5-6-7-8-9-10-12-15(17-4-2)16-13-11-14-18-16/h11,13-15,17H,3-10,12H2,1-2H3. The Balaban J connectivity index is 2.11. The Morgan fingerprint density at radius 3 is 2.39 bits per heavy atom. The zero-order valence-electron chi connectivity index (χ0n) is 12.1. The molecule has 0 saturated carbocycles.